The Morgan fingerprint density at radius 1 is 1.03 bits per heavy atom. The topological polar surface area (TPSA) is 31.9 Å². The van der Waals surface area contributed by atoms with E-state index in [1.807, 2.05) is 18.3 Å². The molecule has 1 saturated heterocycles. The zero-order chi connectivity index (χ0) is 20.7. The fraction of sp³-hybridized carbons (Fsp3) is 0.292. The molecule has 0 amide bonds. The molecular formula is C24H22F3N3. The van der Waals surface area contributed by atoms with Crippen molar-refractivity contribution in [3.8, 4) is 22.4 Å². The van der Waals surface area contributed by atoms with E-state index >= 15 is 0 Å². The second-order valence-corrected chi connectivity index (χ2v) is 7.95. The van der Waals surface area contributed by atoms with E-state index in [2.05, 4.69) is 20.9 Å². The quantitative estimate of drug-likeness (QED) is 0.574. The number of fused-ring (bicyclic) bond motifs is 1. The zero-order valence-corrected chi connectivity index (χ0v) is 16.4. The first-order valence-electron chi connectivity index (χ1n) is 10.3. The number of benzene rings is 1. The van der Waals surface area contributed by atoms with Crippen LogP contribution in [0.1, 0.15) is 30.4 Å². The fourth-order valence-corrected chi connectivity index (χ4v) is 4.70. The van der Waals surface area contributed by atoms with Gasteiger partial charge in [-0.25, -0.2) is 0 Å². The highest BCUT2D eigenvalue weighted by atomic mass is 19.4. The Bertz CT molecular complexity index is 1080. The molecule has 6 heteroatoms. The van der Waals surface area contributed by atoms with Crippen LogP contribution in [0.4, 0.5) is 13.2 Å². The van der Waals surface area contributed by atoms with E-state index in [1.165, 1.54) is 30.5 Å². The van der Waals surface area contributed by atoms with Crippen LogP contribution in [0, 0.1) is 0 Å². The first-order valence-corrected chi connectivity index (χ1v) is 10.3. The summed E-state index contributed by atoms with van der Waals surface area (Å²) in [6.45, 7) is 2.17. The van der Waals surface area contributed by atoms with Crippen molar-refractivity contribution in [1.29, 1.82) is 0 Å². The number of rotatable bonds is 3. The molecule has 154 valence electrons. The predicted molar refractivity (Wildman–Crippen MR) is 112 cm³/mol. The van der Waals surface area contributed by atoms with Crippen LogP contribution in [-0.4, -0.2) is 34.0 Å². The van der Waals surface area contributed by atoms with Crippen LogP contribution in [0.15, 0.2) is 61.1 Å². The summed E-state index contributed by atoms with van der Waals surface area (Å²) in [5.41, 5.74) is 4.81. The Balaban J connectivity index is 1.65. The first kappa shape index (κ1) is 19.1. The summed E-state index contributed by atoms with van der Waals surface area (Å²) >= 11 is 0. The van der Waals surface area contributed by atoms with Gasteiger partial charge in [0.15, 0.2) is 0 Å². The molecule has 5 rings (SSSR count). The highest BCUT2D eigenvalue weighted by molar-refractivity contribution is 5.91. The summed E-state index contributed by atoms with van der Waals surface area (Å²) in [4.78, 5) is 9.90. The van der Waals surface area contributed by atoms with E-state index in [0.717, 1.165) is 42.3 Å². The van der Waals surface area contributed by atoms with Crippen molar-refractivity contribution in [3.05, 3.63) is 72.2 Å². The maximum Gasteiger partial charge on any atom is 0.416 e. The molecule has 4 heterocycles. The summed E-state index contributed by atoms with van der Waals surface area (Å²) in [6.07, 6.45) is 6.68. The summed E-state index contributed by atoms with van der Waals surface area (Å²) < 4.78 is 39.9. The number of pyridine rings is 1. The van der Waals surface area contributed by atoms with Crippen molar-refractivity contribution in [3.63, 3.8) is 0 Å². The van der Waals surface area contributed by atoms with Crippen LogP contribution in [0.3, 0.4) is 0 Å². The molecule has 3 nitrogen and oxygen atoms in total. The molecule has 2 aliphatic rings. The summed E-state index contributed by atoms with van der Waals surface area (Å²) in [5, 5.41) is 0. The Morgan fingerprint density at radius 2 is 1.87 bits per heavy atom. The highest BCUT2D eigenvalue weighted by Gasteiger charge is 2.31. The van der Waals surface area contributed by atoms with Gasteiger partial charge in [-0.3, -0.25) is 9.88 Å². The number of hydrogen-bond acceptors (Lipinski definition) is 2. The van der Waals surface area contributed by atoms with Crippen LogP contribution < -0.4 is 0 Å². The Kier molecular flexibility index (Phi) is 4.74. The van der Waals surface area contributed by atoms with E-state index in [4.69, 9.17) is 0 Å². The molecule has 1 unspecified atom stereocenters. The van der Waals surface area contributed by atoms with Gasteiger partial charge in [0.2, 0.25) is 0 Å². The van der Waals surface area contributed by atoms with Gasteiger partial charge in [0.05, 0.1) is 11.3 Å². The van der Waals surface area contributed by atoms with Crippen molar-refractivity contribution in [2.24, 2.45) is 0 Å². The monoisotopic (exact) mass is 409 g/mol. The molecule has 1 fully saturated rings. The molecule has 1 N–H and O–H groups in total. The lowest BCUT2D eigenvalue weighted by atomic mass is 9.90. The average Bonchev–Trinajstić information content (AvgIpc) is 3.40. The fourth-order valence-electron chi connectivity index (χ4n) is 4.70. The van der Waals surface area contributed by atoms with E-state index in [0.29, 0.717) is 17.3 Å². The smallest absolute Gasteiger partial charge is 0.360 e. The second-order valence-electron chi connectivity index (χ2n) is 7.95. The van der Waals surface area contributed by atoms with Crippen LogP contribution in [0.2, 0.25) is 0 Å². The third-order valence-electron chi connectivity index (χ3n) is 6.15. The SMILES string of the molecule is FC(F)(F)c1cccc(-c2[nH]cc(C3=CC4CCCN4CC3)c2-c2ccncc2)c1. The van der Waals surface area contributed by atoms with Crippen LogP contribution in [0.5, 0.6) is 0 Å². The van der Waals surface area contributed by atoms with Crippen molar-refractivity contribution in [2.45, 2.75) is 31.5 Å². The maximum absolute atomic E-state index is 13.3. The van der Waals surface area contributed by atoms with Crippen molar-refractivity contribution in [1.82, 2.24) is 14.9 Å². The number of H-pyrrole nitrogens is 1. The zero-order valence-electron chi connectivity index (χ0n) is 16.4. The molecule has 0 aliphatic carbocycles. The van der Waals surface area contributed by atoms with Gasteiger partial charge >= 0.3 is 6.18 Å². The van der Waals surface area contributed by atoms with Gasteiger partial charge in [-0.05, 0) is 66.8 Å². The third-order valence-corrected chi connectivity index (χ3v) is 6.15. The predicted octanol–water partition coefficient (Wildman–Crippen LogP) is 6.01. The number of hydrogen-bond donors (Lipinski definition) is 1. The average molecular weight is 409 g/mol. The molecule has 0 spiro atoms. The number of nitrogens with one attached hydrogen (secondary N) is 1. The molecule has 2 aliphatic heterocycles. The Morgan fingerprint density at radius 3 is 2.67 bits per heavy atom. The summed E-state index contributed by atoms with van der Waals surface area (Å²) in [5.74, 6) is 0. The lowest BCUT2D eigenvalue weighted by Crippen LogP contribution is -2.32. The molecule has 1 aromatic carbocycles. The van der Waals surface area contributed by atoms with Gasteiger partial charge in [-0.15, -0.1) is 0 Å². The minimum Gasteiger partial charge on any atom is -0.360 e. The standard InChI is InChI=1S/C24H22F3N3/c25-24(26,27)19-4-1-3-18(13-19)23-22(16-6-9-28-10-7-16)21(15-29-23)17-8-12-30-11-2-5-20(30)14-17/h1,3-4,6-7,9-10,13-15,20,29H,2,5,8,11-12H2. The van der Waals surface area contributed by atoms with E-state index in [9.17, 15) is 13.2 Å². The normalized spacial score (nSPS) is 19.6. The largest absolute Gasteiger partial charge is 0.416 e. The molecule has 0 saturated carbocycles. The molecule has 2 aromatic heterocycles. The Hall–Kier alpha value is -2.86. The van der Waals surface area contributed by atoms with Crippen LogP contribution in [-0.2, 0) is 6.18 Å². The van der Waals surface area contributed by atoms with Crippen LogP contribution in [0.25, 0.3) is 28.0 Å². The summed E-state index contributed by atoms with van der Waals surface area (Å²) in [6, 6.07) is 9.80. The number of alkyl halides is 3. The van der Waals surface area contributed by atoms with Crippen molar-refractivity contribution < 1.29 is 13.2 Å². The van der Waals surface area contributed by atoms with Gasteiger partial charge in [0, 0.05) is 42.3 Å². The van der Waals surface area contributed by atoms with E-state index in [-0.39, 0.29) is 0 Å². The van der Waals surface area contributed by atoms with Gasteiger partial charge in [0.25, 0.3) is 0 Å². The van der Waals surface area contributed by atoms with Crippen LogP contribution >= 0.6 is 0 Å². The third kappa shape index (κ3) is 3.45. The summed E-state index contributed by atoms with van der Waals surface area (Å²) in [7, 11) is 0. The number of nitrogens with zero attached hydrogens (tertiary/aromatic N) is 2. The lowest BCUT2D eigenvalue weighted by molar-refractivity contribution is -0.137. The van der Waals surface area contributed by atoms with E-state index in [1.54, 1.807) is 18.5 Å². The molecule has 3 aromatic rings. The molecule has 1 atom stereocenters. The highest BCUT2D eigenvalue weighted by Crippen LogP contribution is 2.42. The maximum atomic E-state index is 13.3. The van der Waals surface area contributed by atoms with Crippen molar-refractivity contribution >= 4 is 5.57 Å². The molecule has 0 radical (unpaired) electrons. The van der Waals surface area contributed by atoms with Gasteiger partial charge in [0.1, 0.15) is 0 Å². The van der Waals surface area contributed by atoms with E-state index < -0.39 is 11.7 Å². The van der Waals surface area contributed by atoms with Gasteiger partial charge in [-0.1, -0.05) is 18.2 Å². The number of aromatic nitrogens is 2. The second kappa shape index (κ2) is 7.43. The van der Waals surface area contributed by atoms with Gasteiger partial charge < -0.3 is 4.98 Å². The lowest BCUT2D eigenvalue weighted by Gasteiger charge is -2.28. The minimum atomic E-state index is -4.37. The molecule has 0 bridgehead atoms. The minimum absolute atomic E-state index is 0.464. The number of halogens is 3. The first-order chi connectivity index (χ1) is 14.5. The number of aromatic amines is 1. The molecule has 30 heavy (non-hydrogen) atoms. The Labute approximate surface area is 173 Å². The molecular weight excluding hydrogens is 387 g/mol. The van der Waals surface area contributed by atoms with Crippen molar-refractivity contribution in [2.75, 3.05) is 13.1 Å². The van der Waals surface area contributed by atoms with Gasteiger partial charge in [-0.2, -0.15) is 13.2 Å².